The number of non-ortho nitro benzene ring substituents is 1. The van der Waals surface area contributed by atoms with Crippen molar-refractivity contribution < 1.29 is 32.0 Å². The second-order valence-corrected chi connectivity index (χ2v) is 4.99. The molecular weight excluding hydrogens is 362 g/mol. The molecule has 0 spiro atoms. The van der Waals surface area contributed by atoms with Crippen molar-refractivity contribution in [3.05, 3.63) is 58.3 Å². The number of anilines is 1. The number of hydrogen-bond donors (Lipinski definition) is 1. The molecule has 1 N–H and O–H groups in total. The molecule has 0 saturated carbocycles. The molecule has 0 aliphatic heterocycles. The second-order valence-electron chi connectivity index (χ2n) is 4.99. The van der Waals surface area contributed by atoms with Gasteiger partial charge in [0.15, 0.2) is 6.61 Å². The number of halogens is 4. The van der Waals surface area contributed by atoms with Gasteiger partial charge in [0.1, 0.15) is 0 Å². The number of nitrogens with one attached hydrogen (secondary N) is 1. The Morgan fingerprint density at radius 3 is 2.38 bits per heavy atom. The molecule has 2 rings (SSSR count). The van der Waals surface area contributed by atoms with Crippen molar-refractivity contribution in [2.75, 3.05) is 11.9 Å². The normalized spacial score (nSPS) is 11.3. The second kappa shape index (κ2) is 7.76. The smallest absolute Gasteiger partial charge is 0.340 e. The molecule has 138 valence electrons. The fourth-order valence-corrected chi connectivity index (χ4v) is 1.71. The van der Waals surface area contributed by atoms with Crippen LogP contribution >= 0.6 is 0 Å². The molecule has 2 aromatic rings. The van der Waals surface area contributed by atoms with Gasteiger partial charge in [0, 0.05) is 23.8 Å². The van der Waals surface area contributed by atoms with Gasteiger partial charge in [-0.15, -0.1) is 0 Å². The Hall–Kier alpha value is -3.24. The number of carbonyl (C=O) groups is 1. The van der Waals surface area contributed by atoms with Crippen LogP contribution in [0.1, 0.15) is 10.4 Å². The standard InChI is InChI=1S/C15H11F4N3O4/c16-14(17)15(18,19)8-26-12-6-3-10(7-20-12)21-13(23)9-1-4-11(5-2-9)22(24)25/h1-7,14H,8H2,(H,21,23). The summed E-state index contributed by atoms with van der Waals surface area (Å²) in [6.45, 7) is -1.54. The lowest BCUT2D eigenvalue weighted by molar-refractivity contribution is -0.384. The predicted octanol–water partition coefficient (Wildman–Crippen LogP) is 3.52. The Balaban J connectivity index is 1.96. The van der Waals surface area contributed by atoms with Gasteiger partial charge in [-0.2, -0.15) is 8.78 Å². The first kappa shape index (κ1) is 19.1. The number of nitrogens with zero attached hydrogens (tertiary/aromatic N) is 2. The Labute approximate surface area is 143 Å². The molecule has 0 saturated heterocycles. The van der Waals surface area contributed by atoms with Crippen LogP contribution in [0.25, 0.3) is 0 Å². The molecule has 0 aliphatic rings. The number of ether oxygens (including phenoxy) is 1. The lowest BCUT2D eigenvalue weighted by Crippen LogP contribution is -2.33. The Kier molecular flexibility index (Phi) is 5.70. The number of aromatic nitrogens is 1. The molecular formula is C15H11F4N3O4. The van der Waals surface area contributed by atoms with Gasteiger partial charge >= 0.3 is 12.3 Å². The number of benzene rings is 1. The molecule has 1 aromatic heterocycles. The molecule has 0 radical (unpaired) electrons. The van der Waals surface area contributed by atoms with Crippen molar-refractivity contribution in [2.24, 2.45) is 0 Å². The largest absolute Gasteiger partial charge is 0.471 e. The maximum absolute atomic E-state index is 12.7. The summed E-state index contributed by atoms with van der Waals surface area (Å²) in [5.41, 5.74) is 0.152. The van der Waals surface area contributed by atoms with Gasteiger partial charge in [0.25, 0.3) is 11.6 Å². The zero-order valence-corrected chi connectivity index (χ0v) is 12.9. The van der Waals surface area contributed by atoms with Gasteiger partial charge < -0.3 is 10.1 Å². The molecule has 7 nitrogen and oxygen atoms in total. The van der Waals surface area contributed by atoms with Crippen molar-refractivity contribution in [3.63, 3.8) is 0 Å². The van der Waals surface area contributed by atoms with E-state index >= 15 is 0 Å². The van der Waals surface area contributed by atoms with Crippen LogP contribution in [0.15, 0.2) is 42.6 Å². The third kappa shape index (κ3) is 4.88. The zero-order valence-electron chi connectivity index (χ0n) is 12.9. The fourth-order valence-electron chi connectivity index (χ4n) is 1.71. The summed E-state index contributed by atoms with van der Waals surface area (Å²) >= 11 is 0. The molecule has 0 atom stereocenters. The summed E-state index contributed by atoms with van der Waals surface area (Å²) in [6.07, 6.45) is -2.78. The lowest BCUT2D eigenvalue weighted by atomic mass is 10.2. The van der Waals surface area contributed by atoms with Crippen molar-refractivity contribution >= 4 is 17.3 Å². The minimum Gasteiger partial charge on any atom is -0.471 e. The van der Waals surface area contributed by atoms with E-state index in [1.54, 1.807) is 0 Å². The van der Waals surface area contributed by atoms with E-state index < -0.39 is 29.8 Å². The van der Waals surface area contributed by atoms with Gasteiger partial charge in [-0.3, -0.25) is 14.9 Å². The van der Waals surface area contributed by atoms with Crippen LogP contribution in [0.4, 0.5) is 28.9 Å². The van der Waals surface area contributed by atoms with E-state index in [-0.39, 0.29) is 22.8 Å². The van der Waals surface area contributed by atoms with E-state index in [4.69, 9.17) is 0 Å². The van der Waals surface area contributed by atoms with Crippen molar-refractivity contribution in [2.45, 2.75) is 12.3 Å². The number of carbonyl (C=O) groups excluding carboxylic acids is 1. The first-order valence-corrected chi connectivity index (χ1v) is 6.99. The molecule has 11 heteroatoms. The van der Waals surface area contributed by atoms with Crippen LogP contribution in [0.5, 0.6) is 5.88 Å². The van der Waals surface area contributed by atoms with Gasteiger partial charge in [0.05, 0.1) is 16.8 Å². The zero-order chi connectivity index (χ0) is 19.3. The summed E-state index contributed by atoms with van der Waals surface area (Å²) in [4.78, 5) is 25.6. The maximum atomic E-state index is 12.7. The average Bonchev–Trinajstić information content (AvgIpc) is 2.61. The van der Waals surface area contributed by atoms with Crippen LogP contribution in [-0.2, 0) is 0 Å². The van der Waals surface area contributed by atoms with Crippen LogP contribution in [0.2, 0.25) is 0 Å². The fraction of sp³-hybridized carbons (Fsp3) is 0.200. The highest BCUT2D eigenvalue weighted by molar-refractivity contribution is 6.04. The first-order chi connectivity index (χ1) is 12.2. The van der Waals surface area contributed by atoms with Crippen LogP contribution in [0.3, 0.4) is 0 Å². The molecule has 1 amide bonds. The molecule has 26 heavy (non-hydrogen) atoms. The lowest BCUT2D eigenvalue weighted by Gasteiger charge is -2.15. The first-order valence-electron chi connectivity index (χ1n) is 6.99. The maximum Gasteiger partial charge on any atom is 0.340 e. The number of rotatable bonds is 7. The van der Waals surface area contributed by atoms with Crippen LogP contribution in [-0.4, -0.2) is 34.8 Å². The number of nitro benzene ring substituents is 1. The quantitative estimate of drug-likeness (QED) is 0.455. The van der Waals surface area contributed by atoms with E-state index in [1.165, 1.54) is 18.2 Å². The highest BCUT2D eigenvalue weighted by Gasteiger charge is 2.41. The molecule has 1 aromatic carbocycles. The topological polar surface area (TPSA) is 94.4 Å². The Bertz CT molecular complexity index is 782. The van der Waals surface area contributed by atoms with E-state index in [1.807, 2.05) is 0 Å². The molecule has 1 heterocycles. The number of amides is 1. The minimum atomic E-state index is -4.30. The molecule has 0 bridgehead atoms. The highest BCUT2D eigenvalue weighted by Crippen LogP contribution is 2.24. The van der Waals surface area contributed by atoms with Crippen LogP contribution < -0.4 is 10.1 Å². The SMILES string of the molecule is O=C(Nc1ccc(OCC(F)(F)C(F)F)nc1)c1ccc([N+](=O)[O-])cc1. The van der Waals surface area contributed by atoms with Gasteiger partial charge in [-0.05, 0) is 18.2 Å². The van der Waals surface area contributed by atoms with E-state index in [0.717, 1.165) is 24.4 Å². The van der Waals surface area contributed by atoms with Gasteiger partial charge in [0.2, 0.25) is 5.88 Å². The summed E-state index contributed by atoms with van der Waals surface area (Å²) < 4.78 is 54.0. The van der Waals surface area contributed by atoms with E-state index in [9.17, 15) is 32.5 Å². The third-order valence-electron chi connectivity index (χ3n) is 3.07. The third-order valence-corrected chi connectivity index (χ3v) is 3.07. The average molecular weight is 373 g/mol. The molecule has 0 aliphatic carbocycles. The van der Waals surface area contributed by atoms with Gasteiger partial charge in [-0.25, -0.2) is 13.8 Å². The molecule has 0 unspecified atom stereocenters. The Morgan fingerprint density at radius 1 is 1.23 bits per heavy atom. The molecule has 0 fully saturated rings. The summed E-state index contributed by atoms with van der Waals surface area (Å²) in [5.74, 6) is -5.21. The number of hydrogen-bond acceptors (Lipinski definition) is 5. The number of alkyl halides is 4. The Morgan fingerprint density at radius 2 is 1.88 bits per heavy atom. The van der Waals surface area contributed by atoms with Crippen molar-refractivity contribution in [1.82, 2.24) is 4.98 Å². The van der Waals surface area contributed by atoms with Crippen LogP contribution in [0, 0.1) is 10.1 Å². The van der Waals surface area contributed by atoms with Crippen molar-refractivity contribution in [1.29, 1.82) is 0 Å². The monoisotopic (exact) mass is 373 g/mol. The van der Waals surface area contributed by atoms with E-state index in [0.29, 0.717) is 0 Å². The number of pyridine rings is 1. The van der Waals surface area contributed by atoms with Gasteiger partial charge in [-0.1, -0.05) is 0 Å². The highest BCUT2D eigenvalue weighted by atomic mass is 19.3. The van der Waals surface area contributed by atoms with E-state index in [2.05, 4.69) is 15.0 Å². The summed E-state index contributed by atoms with van der Waals surface area (Å²) in [7, 11) is 0. The summed E-state index contributed by atoms with van der Waals surface area (Å²) in [5, 5.41) is 13.0. The predicted molar refractivity (Wildman–Crippen MR) is 81.7 cm³/mol. The minimum absolute atomic E-state index is 0.146. The summed E-state index contributed by atoms with van der Waals surface area (Å²) in [6, 6.07) is 7.22. The van der Waals surface area contributed by atoms with Crippen molar-refractivity contribution in [3.8, 4) is 5.88 Å². The number of nitro groups is 1.